The molecule has 0 amide bonds. The summed E-state index contributed by atoms with van der Waals surface area (Å²) >= 11 is 0. The molecule has 1 N–H and O–H groups in total. The number of phenolic OH excluding ortho intramolecular Hbond substituents is 1. The van der Waals surface area contributed by atoms with E-state index in [0.717, 1.165) is 37.6 Å². The second kappa shape index (κ2) is 7.37. The third-order valence-corrected chi connectivity index (χ3v) is 7.53. The molecule has 2 bridgehead atoms. The molecular weight excluding hydrogens is 372 g/mol. The molecule has 2 aromatic rings. The Labute approximate surface area is 171 Å². The van der Waals surface area contributed by atoms with E-state index >= 15 is 0 Å². The fourth-order valence-corrected chi connectivity index (χ4v) is 5.31. The highest BCUT2D eigenvalue weighted by Crippen LogP contribution is 2.57. The van der Waals surface area contributed by atoms with Crippen LogP contribution in [0.5, 0.6) is 5.75 Å². The van der Waals surface area contributed by atoms with Crippen molar-refractivity contribution in [3.63, 3.8) is 0 Å². The molecule has 3 nitrogen and oxygen atoms in total. The summed E-state index contributed by atoms with van der Waals surface area (Å²) in [6, 6.07) is 9.77. The summed E-state index contributed by atoms with van der Waals surface area (Å²) in [6.45, 7) is 9.30. The second-order valence-electron chi connectivity index (χ2n) is 9.15. The molecule has 2 aromatic carbocycles. The summed E-state index contributed by atoms with van der Waals surface area (Å²) in [5, 5.41) is 10.5. The van der Waals surface area contributed by atoms with E-state index in [2.05, 4.69) is 31.7 Å². The van der Waals surface area contributed by atoms with Crippen molar-refractivity contribution in [1.82, 2.24) is 4.90 Å². The first-order valence-corrected chi connectivity index (χ1v) is 10.3. The number of hydrogen-bond acceptors (Lipinski definition) is 3. The van der Waals surface area contributed by atoms with Crippen LogP contribution in [0, 0.1) is 17.0 Å². The molecule has 0 unspecified atom stereocenters. The van der Waals surface area contributed by atoms with Crippen LogP contribution in [0.2, 0.25) is 0 Å². The Morgan fingerprint density at radius 2 is 1.97 bits per heavy atom. The largest absolute Gasteiger partial charge is 0.508 e. The number of rotatable bonds is 5. The lowest BCUT2D eigenvalue weighted by Gasteiger charge is -2.61. The van der Waals surface area contributed by atoms with Crippen LogP contribution in [-0.4, -0.2) is 35.7 Å². The molecule has 2 aliphatic rings. The third-order valence-electron chi connectivity index (χ3n) is 7.53. The van der Waals surface area contributed by atoms with Crippen LogP contribution in [0.3, 0.4) is 0 Å². The highest BCUT2D eigenvalue weighted by Gasteiger charge is 2.56. The maximum Gasteiger partial charge on any atom is 0.131 e. The van der Waals surface area contributed by atoms with Crippen LogP contribution in [0.4, 0.5) is 8.78 Å². The zero-order valence-corrected chi connectivity index (χ0v) is 17.3. The number of fused-ring (bicyclic) bond motifs is 4. The Kier molecular flexibility index (Phi) is 5.16. The first kappa shape index (κ1) is 20.3. The Morgan fingerprint density at radius 3 is 2.72 bits per heavy atom. The topological polar surface area (TPSA) is 32.7 Å². The van der Waals surface area contributed by atoms with Crippen molar-refractivity contribution in [3.05, 3.63) is 64.7 Å². The molecule has 29 heavy (non-hydrogen) atoms. The summed E-state index contributed by atoms with van der Waals surface area (Å²) < 4.78 is 32.5. The SMILES string of the molecule is CC1(C)[C@H]2Cc3c(O)cccc3[C@]1(C)CCN2CCOCc1ccc(F)cc1F. The van der Waals surface area contributed by atoms with E-state index in [1.54, 1.807) is 6.07 Å². The zero-order chi connectivity index (χ0) is 20.8. The average Bonchev–Trinajstić information content (AvgIpc) is 2.65. The van der Waals surface area contributed by atoms with E-state index in [-0.39, 0.29) is 17.4 Å². The van der Waals surface area contributed by atoms with E-state index in [1.807, 2.05) is 6.07 Å². The predicted octanol–water partition coefficient (Wildman–Crippen LogP) is 4.80. The number of halogens is 2. The summed E-state index contributed by atoms with van der Waals surface area (Å²) in [4.78, 5) is 2.44. The molecule has 0 aromatic heterocycles. The summed E-state index contributed by atoms with van der Waals surface area (Å²) in [6.07, 6.45) is 1.83. The van der Waals surface area contributed by atoms with Crippen molar-refractivity contribution in [1.29, 1.82) is 0 Å². The van der Waals surface area contributed by atoms with E-state index in [9.17, 15) is 13.9 Å². The van der Waals surface area contributed by atoms with E-state index < -0.39 is 11.6 Å². The van der Waals surface area contributed by atoms with Gasteiger partial charge in [-0.2, -0.15) is 0 Å². The molecule has 4 rings (SSSR count). The van der Waals surface area contributed by atoms with Gasteiger partial charge in [0, 0.05) is 29.6 Å². The van der Waals surface area contributed by atoms with Crippen LogP contribution in [0.15, 0.2) is 36.4 Å². The lowest BCUT2D eigenvalue weighted by molar-refractivity contribution is -0.0497. The van der Waals surface area contributed by atoms with Crippen LogP contribution < -0.4 is 0 Å². The molecular formula is C24H29F2NO2. The number of piperidine rings is 1. The van der Waals surface area contributed by atoms with Gasteiger partial charge in [0.2, 0.25) is 0 Å². The number of aromatic hydroxyl groups is 1. The first-order chi connectivity index (χ1) is 13.7. The second-order valence-corrected chi connectivity index (χ2v) is 9.15. The minimum Gasteiger partial charge on any atom is -0.508 e. The van der Waals surface area contributed by atoms with Gasteiger partial charge in [0.1, 0.15) is 17.4 Å². The minimum absolute atomic E-state index is 0.0125. The monoisotopic (exact) mass is 401 g/mol. The third kappa shape index (κ3) is 3.34. The maximum atomic E-state index is 13.8. The van der Waals surface area contributed by atoms with E-state index in [1.165, 1.54) is 17.7 Å². The van der Waals surface area contributed by atoms with Gasteiger partial charge in [0.05, 0.1) is 13.2 Å². The van der Waals surface area contributed by atoms with Gasteiger partial charge in [-0.05, 0) is 48.1 Å². The van der Waals surface area contributed by atoms with Crippen molar-refractivity contribution < 1.29 is 18.6 Å². The fraction of sp³-hybridized carbons (Fsp3) is 0.500. The lowest BCUT2D eigenvalue weighted by Crippen LogP contribution is -2.64. The number of benzene rings is 2. The van der Waals surface area contributed by atoms with Crippen molar-refractivity contribution in [2.24, 2.45) is 5.41 Å². The van der Waals surface area contributed by atoms with Crippen LogP contribution in [0.25, 0.3) is 0 Å². The number of ether oxygens (including phenoxy) is 1. The molecule has 156 valence electrons. The number of phenols is 1. The Bertz CT molecular complexity index is 914. The van der Waals surface area contributed by atoms with Crippen LogP contribution in [-0.2, 0) is 23.2 Å². The highest BCUT2D eigenvalue weighted by molar-refractivity contribution is 5.48. The summed E-state index contributed by atoms with van der Waals surface area (Å²) in [7, 11) is 0. The maximum absolute atomic E-state index is 13.8. The molecule has 5 heteroatoms. The van der Waals surface area contributed by atoms with Gasteiger partial charge in [0.15, 0.2) is 0 Å². The van der Waals surface area contributed by atoms with Crippen molar-refractivity contribution >= 4 is 0 Å². The standard InChI is InChI=1S/C24H29F2NO2/c1-23(2)22-14-18-19(5-4-6-21(18)28)24(23,3)9-10-27(22)11-12-29-15-16-7-8-17(25)13-20(16)26/h4-8,13,22,28H,9-12,14-15H2,1-3H3/t22-,24+/m1/s1. The molecule has 1 fully saturated rings. The highest BCUT2D eigenvalue weighted by atomic mass is 19.1. The molecule has 1 saturated heterocycles. The Hall–Kier alpha value is -1.98. The number of nitrogens with zero attached hydrogens (tertiary/aromatic N) is 1. The quantitative estimate of drug-likeness (QED) is 0.731. The molecule has 0 saturated carbocycles. The van der Waals surface area contributed by atoms with Gasteiger partial charge in [-0.15, -0.1) is 0 Å². The number of likely N-dealkylation sites (tertiary alicyclic amines) is 1. The molecule has 2 atom stereocenters. The van der Waals surface area contributed by atoms with E-state index in [4.69, 9.17) is 4.74 Å². The zero-order valence-electron chi connectivity index (χ0n) is 17.3. The molecule has 1 heterocycles. The van der Waals surface area contributed by atoms with Gasteiger partial charge >= 0.3 is 0 Å². The Morgan fingerprint density at radius 1 is 1.17 bits per heavy atom. The molecule has 0 spiro atoms. The normalized spacial score (nSPS) is 25.6. The van der Waals surface area contributed by atoms with E-state index in [0.29, 0.717) is 24.0 Å². The Balaban J connectivity index is 1.45. The minimum atomic E-state index is -0.578. The average molecular weight is 401 g/mol. The van der Waals surface area contributed by atoms with Crippen molar-refractivity contribution in [2.75, 3.05) is 19.7 Å². The molecule has 1 aliphatic heterocycles. The summed E-state index contributed by atoms with van der Waals surface area (Å²) in [5.41, 5.74) is 2.78. The van der Waals surface area contributed by atoms with Gasteiger partial charge in [-0.1, -0.05) is 39.0 Å². The molecule has 1 aliphatic carbocycles. The van der Waals surface area contributed by atoms with Gasteiger partial charge in [-0.25, -0.2) is 8.78 Å². The van der Waals surface area contributed by atoms with Crippen molar-refractivity contribution in [2.45, 2.75) is 51.7 Å². The van der Waals surface area contributed by atoms with Gasteiger partial charge < -0.3 is 9.84 Å². The summed E-state index contributed by atoms with van der Waals surface area (Å²) in [5.74, 6) is -0.760. The smallest absolute Gasteiger partial charge is 0.131 e. The molecule has 0 radical (unpaired) electrons. The lowest BCUT2D eigenvalue weighted by atomic mass is 9.51. The number of hydrogen-bond donors (Lipinski definition) is 1. The van der Waals surface area contributed by atoms with Crippen LogP contribution in [0.1, 0.15) is 43.9 Å². The van der Waals surface area contributed by atoms with Gasteiger partial charge in [0.25, 0.3) is 0 Å². The van der Waals surface area contributed by atoms with Gasteiger partial charge in [-0.3, -0.25) is 4.90 Å². The van der Waals surface area contributed by atoms with Crippen LogP contribution >= 0.6 is 0 Å². The first-order valence-electron chi connectivity index (χ1n) is 10.3. The predicted molar refractivity (Wildman–Crippen MR) is 109 cm³/mol. The van der Waals surface area contributed by atoms with Crippen molar-refractivity contribution in [3.8, 4) is 5.75 Å². The fourth-order valence-electron chi connectivity index (χ4n) is 5.31.